The van der Waals surface area contributed by atoms with Gasteiger partial charge in [-0.15, -0.1) is 0 Å². The Hall–Kier alpha value is -1.60. The van der Waals surface area contributed by atoms with Gasteiger partial charge in [-0.3, -0.25) is 4.79 Å². The van der Waals surface area contributed by atoms with Gasteiger partial charge in [0.25, 0.3) is 0 Å². The highest BCUT2D eigenvalue weighted by Crippen LogP contribution is 2.32. The molecule has 168 valence electrons. The van der Waals surface area contributed by atoms with Crippen LogP contribution in [0.15, 0.2) is 23.1 Å². The van der Waals surface area contributed by atoms with E-state index in [0.29, 0.717) is 31.7 Å². The zero-order valence-corrected chi connectivity index (χ0v) is 19.3. The van der Waals surface area contributed by atoms with Gasteiger partial charge in [-0.25, -0.2) is 8.42 Å². The Morgan fingerprint density at radius 1 is 1.07 bits per heavy atom. The molecule has 1 amide bonds. The van der Waals surface area contributed by atoms with Gasteiger partial charge in [-0.2, -0.15) is 4.31 Å². The molecular weight excluding hydrogens is 400 g/mol. The molecule has 1 saturated heterocycles. The van der Waals surface area contributed by atoms with Crippen molar-refractivity contribution in [3.63, 3.8) is 0 Å². The second-order valence-corrected chi connectivity index (χ2v) is 10.8. The predicted octanol–water partition coefficient (Wildman–Crippen LogP) is 4.06. The van der Waals surface area contributed by atoms with Crippen molar-refractivity contribution in [2.75, 3.05) is 20.2 Å². The maximum absolute atomic E-state index is 13.3. The summed E-state index contributed by atoms with van der Waals surface area (Å²) in [5.41, 5.74) is 0.965. The molecule has 0 radical (unpaired) electrons. The van der Waals surface area contributed by atoms with Crippen molar-refractivity contribution in [2.24, 2.45) is 5.92 Å². The average molecular weight is 437 g/mol. The van der Waals surface area contributed by atoms with Crippen LogP contribution in [0.1, 0.15) is 76.7 Å². The van der Waals surface area contributed by atoms with Gasteiger partial charge in [0.2, 0.25) is 15.9 Å². The van der Waals surface area contributed by atoms with Crippen LogP contribution in [-0.4, -0.2) is 44.9 Å². The number of carbonyl (C=O) groups excluding carboxylic acids is 1. The standard InChI is InChI=1S/C23H36N2O4S/c1-17(2)19-10-11-21(29-3)22(16-19)30(27,28)25-14-12-18(13-15-25)23(26)24-20-8-6-4-5-7-9-20/h10-11,16-18,20H,4-9,12-15H2,1-3H3,(H,24,26). The molecule has 6 nitrogen and oxygen atoms in total. The first-order chi connectivity index (χ1) is 14.3. The third-order valence-corrected chi connectivity index (χ3v) is 8.42. The Bertz CT molecular complexity index is 822. The number of hydrogen-bond donors (Lipinski definition) is 1. The quantitative estimate of drug-likeness (QED) is 0.683. The Labute approximate surface area is 181 Å². The van der Waals surface area contributed by atoms with Crippen molar-refractivity contribution in [1.29, 1.82) is 0 Å². The molecule has 2 fully saturated rings. The number of amides is 1. The zero-order valence-electron chi connectivity index (χ0n) is 18.5. The molecule has 0 atom stereocenters. The summed E-state index contributed by atoms with van der Waals surface area (Å²) in [6, 6.07) is 5.65. The minimum absolute atomic E-state index is 0.0957. The molecule has 1 aliphatic carbocycles. The monoisotopic (exact) mass is 436 g/mol. The molecule has 0 spiro atoms. The highest BCUT2D eigenvalue weighted by molar-refractivity contribution is 7.89. The summed E-state index contributed by atoms with van der Waals surface area (Å²) in [6.45, 7) is 4.80. The number of sulfonamides is 1. The number of hydrogen-bond acceptors (Lipinski definition) is 4. The fourth-order valence-electron chi connectivity index (χ4n) is 4.49. The fourth-order valence-corrected chi connectivity index (χ4v) is 6.15. The molecule has 0 aromatic heterocycles. The molecule has 0 unspecified atom stereocenters. The minimum atomic E-state index is -3.67. The van der Waals surface area contributed by atoms with Gasteiger partial charge in [-0.05, 0) is 49.3 Å². The van der Waals surface area contributed by atoms with Gasteiger partial charge in [0, 0.05) is 25.0 Å². The van der Waals surface area contributed by atoms with Crippen molar-refractivity contribution < 1.29 is 17.9 Å². The largest absolute Gasteiger partial charge is 0.495 e. The van der Waals surface area contributed by atoms with Crippen molar-refractivity contribution in [2.45, 2.75) is 82.1 Å². The van der Waals surface area contributed by atoms with Crippen LogP contribution in [0, 0.1) is 5.92 Å². The lowest BCUT2D eigenvalue weighted by molar-refractivity contribution is -0.126. The summed E-state index contributed by atoms with van der Waals surface area (Å²) in [4.78, 5) is 12.9. The maximum Gasteiger partial charge on any atom is 0.246 e. The highest BCUT2D eigenvalue weighted by Gasteiger charge is 2.34. The summed E-state index contributed by atoms with van der Waals surface area (Å²) >= 11 is 0. The molecule has 30 heavy (non-hydrogen) atoms. The second-order valence-electron chi connectivity index (χ2n) is 8.94. The van der Waals surface area contributed by atoms with Gasteiger partial charge >= 0.3 is 0 Å². The Kier molecular flexibility index (Phi) is 7.80. The average Bonchev–Trinajstić information content (AvgIpc) is 3.02. The number of piperidine rings is 1. The number of rotatable bonds is 6. The molecule has 3 rings (SSSR count). The smallest absolute Gasteiger partial charge is 0.246 e. The van der Waals surface area contributed by atoms with E-state index >= 15 is 0 Å². The van der Waals surface area contributed by atoms with Crippen molar-refractivity contribution in [1.82, 2.24) is 9.62 Å². The molecule has 1 saturated carbocycles. The second kappa shape index (κ2) is 10.1. The molecule has 7 heteroatoms. The van der Waals surface area contributed by atoms with Crippen LogP contribution in [0.2, 0.25) is 0 Å². The van der Waals surface area contributed by atoms with Crippen LogP contribution in [0.3, 0.4) is 0 Å². The molecule has 2 aliphatic rings. The van der Waals surface area contributed by atoms with Crippen molar-refractivity contribution in [3.05, 3.63) is 23.8 Å². The van der Waals surface area contributed by atoms with Gasteiger partial charge in [0.1, 0.15) is 10.6 Å². The van der Waals surface area contributed by atoms with Crippen LogP contribution in [0.5, 0.6) is 5.75 Å². The summed E-state index contributed by atoms with van der Waals surface area (Å²) in [5, 5.41) is 3.23. The number of nitrogens with one attached hydrogen (secondary N) is 1. The molecule has 1 aliphatic heterocycles. The Balaban J connectivity index is 1.65. The molecular formula is C23H36N2O4S. The molecule has 0 bridgehead atoms. The highest BCUT2D eigenvalue weighted by atomic mass is 32.2. The number of nitrogens with zero attached hydrogens (tertiary/aromatic N) is 1. The van der Waals surface area contributed by atoms with Crippen molar-refractivity contribution >= 4 is 15.9 Å². The summed E-state index contributed by atoms with van der Waals surface area (Å²) in [7, 11) is -2.17. The number of ether oxygens (including phenoxy) is 1. The van der Waals surface area contributed by atoms with E-state index in [1.807, 2.05) is 19.9 Å². The normalized spacial score (nSPS) is 20.1. The third kappa shape index (κ3) is 5.35. The van der Waals surface area contributed by atoms with E-state index in [2.05, 4.69) is 5.32 Å². The number of carbonyl (C=O) groups is 1. The maximum atomic E-state index is 13.3. The first-order valence-corrected chi connectivity index (χ1v) is 12.8. The fraction of sp³-hybridized carbons (Fsp3) is 0.696. The topological polar surface area (TPSA) is 75.7 Å². The van der Waals surface area contributed by atoms with E-state index in [-0.39, 0.29) is 28.7 Å². The lowest BCUT2D eigenvalue weighted by Gasteiger charge is -2.32. The molecule has 1 N–H and O–H groups in total. The first-order valence-electron chi connectivity index (χ1n) is 11.3. The zero-order chi connectivity index (χ0) is 21.7. The van der Waals surface area contributed by atoms with Gasteiger partial charge in [0.05, 0.1) is 7.11 Å². The van der Waals surface area contributed by atoms with E-state index in [1.54, 1.807) is 12.1 Å². The first kappa shape index (κ1) is 23.1. The molecule has 1 aromatic rings. The molecule has 1 heterocycles. The van der Waals surface area contributed by atoms with E-state index in [4.69, 9.17) is 4.74 Å². The van der Waals surface area contributed by atoms with Crippen molar-refractivity contribution in [3.8, 4) is 5.75 Å². The Morgan fingerprint density at radius 3 is 2.27 bits per heavy atom. The summed E-state index contributed by atoms with van der Waals surface area (Å²) < 4.78 is 33.5. The van der Waals surface area contributed by atoms with Gasteiger partial charge < -0.3 is 10.1 Å². The Morgan fingerprint density at radius 2 is 1.70 bits per heavy atom. The summed E-state index contributed by atoms with van der Waals surface area (Å²) in [6.07, 6.45) is 8.11. The van der Waals surface area contributed by atoms with Crippen LogP contribution in [0.4, 0.5) is 0 Å². The SMILES string of the molecule is COc1ccc(C(C)C)cc1S(=O)(=O)N1CCC(C(=O)NC2CCCCCC2)CC1. The lowest BCUT2D eigenvalue weighted by Crippen LogP contribution is -2.45. The lowest BCUT2D eigenvalue weighted by atomic mass is 9.96. The van der Waals surface area contributed by atoms with E-state index < -0.39 is 10.0 Å². The van der Waals surface area contributed by atoms with Crippen LogP contribution >= 0.6 is 0 Å². The summed E-state index contributed by atoms with van der Waals surface area (Å²) in [5.74, 6) is 0.581. The number of methoxy groups -OCH3 is 1. The van der Waals surface area contributed by atoms with Gasteiger partial charge in [0.15, 0.2) is 0 Å². The molecule has 1 aromatic carbocycles. The number of benzene rings is 1. The van der Waals surface area contributed by atoms with E-state index in [1.165, 1.54) is 37.1 Å². The van der Waals surface area contributed by atoms with Crippen LogP contribution in [0.25, 0.3) is 0 Å². The van der Waals surface area contributed by atoms with Crippen LogP contribution in [-0.2, 0) is 14.8 Å². The van der Waals surface area contributed by atoms with E-state index in [0.717, 1.165) is 18.4 Å². The van der Waals surface area contributed by atoms with Gasteiger partial charge in [-0.1, -0.05) is 45.6 Å². The van der Waals surface area contributed by atoms with E-state index in [9.17, 15) is 13.2 Å². The third-order valence-electron chi connectivity index (χ3n) is 6.50. The van der Waals surface area contributed by atoms with Crippen LogP contribution < -0.4 is 10.1 Å². The minimum Gasteiger partial charge on any atom is -0.495 e. The predicted molar refractivity (Wildman–Crippen MR) is 118 cm³/mol.